The van der Waals surface area contributed by atoms with Crippen LogP contribution in [-0.4, -0.2) is 60.5 Å². The third kappa shape index (κ3) is 9.09. The molecule has 0 saturated heterocycles. The maximum absolute atomic E-state index is 9.45. The minimum atomic E-state index is -0.223. The highest BCUT2D eigenvalue weighted by Crippen LogP contribution is 1.95. The molecule has 98 valence electrons. The standard InChI is InChI=1S/C12H28N2O2/c1-4-11(15)9-13-7-6-8-14(3)10-12(16)5-2/h11-13,15-16H,4-10H2,1-3H3. The topological polar surface area (TPSA) is 55.7 Å². The zero-order chi connectivity index (χ0) is 12.4. The van der Waals surface area contributed by atoms with Crippen LogP contribution in [0.1, 0.15) is 33.1 Å². The molecule has 0 fully saturated rings. The Kier molecular flexibility index (Phi) is 9.92. The van der Waals surface area contributed by atoms with Gasteiger partial charge in [0.2, 0.25) is 0 Å². The number of aliphatic hydroxyl groups excluding tert-OH is 2. The van der Waals surface area contributed by atoms with Crippen molar-refractivity contribution in [1.82, 2.24) is 10.2 Å². The first-order valence-electron chi connectivity index (χ1n) is 6.35. The van der Waals surface area contributed by atoms with Gasteiger partial charge in [0.1, 0.15) is 0 Å². The Morgan fingerprint density at radius 2 is 1.75 bits per heavy atom. The van der Waals surface area contributed by atoms with Crippen molar-refractivity contribution in [3.05, 3.63) is 0 Å². The minimum absolute atomic E-state index is 0.208. The summed E-state index contributed by atoms with van der Waals surface area (Å²) in [7, 11) is 2.03. The van der Waals surface area contributed by atoms with Crippen molar-refractivity contribution < 1.29 is 10.2 Å². The highest BCUT2D eigenvalue weighted by atomic mass is 16.3. The first-order valence-corrected chi connectivity index (χ1v) is 6.35. The minimum Gasteiger partial charge on any atom is -0.392 e. The Morgan fingerprint density at radius 3 is 2.31 bits per heavy atom. The molecule has 4 heteroatoms. The van der Waals surface area contributed by atoms with Crippen molar-refractivity contribution in [1.29, 1.82) is 0 Å². The van der Waals surface area contributed by atoms with Crippen molar-refractivity contribution in [3.8, 4) is 0 Å². The van der Waals surface area contributed by atoms with E-state index >= 15 is 0 Å². The maximum Gasteiger partial charge on any atom is 0.0664 e. The van der Waals surface area contributed by atoms with E-state index in [1.807, 2.05) is 20.9 Å². The quantitative estimate of drug-likeness (QED) is 0.478. The lowest BCUT2D eigenvalue weighted by atomic mass is 10.2. The lowest BCUT2D eigenvalue weighted by molar-refractivity contribution is 0.121. The number of nitrogens with one attached hydrogen (secondary N) is 1. The largest absolute Gasteiger partial charge is 0.392 e. The SMILES string of the molecule is CCC(O)CNCCCN(C)CC(O)CC. The van der Waals surface area contributed by atoms with Gasteiger partial charge in [0.05, 0.1) is 12.2 Å². The van der Waals surface area contributed by atoms with Gasteiger partial charge in [-0.3, -0.25) is 0 Å². The molecule has 0 aromatic carbocycles. The molecule has 16 heavy (non-hydrogen) atoms. The molecule has 0 saturated carbocycles. The number of hydrogen-bond donors (Lipinski definition) is 3. The molecule has 0 radical (unpaired) electrons. The van der Waals surface area contributed by atoms with Gasteiger partial charge >= 0.3 is 0 Å². The summed E-state index contributed by atoms with van der Waals surface area (Å²) in [6.45, 7) is 7.29. The zero-order valence-corrected chi connectivity index (χ0v) is 10.9. The third-order valence-electron chi connectivity index (χ3n) is 2.74. The van der Waals surface area contributed by atoms with Crippen LogP contribution in [0.15, 0.2) is 0 Å². The molecule has 2 atom stereocenters. The maximum atomic E-state index is 9.45. The van der Waals surface area contributed by atoms with Crippen LogP contribution in [0.5, 0.6) is 0 Å². The fraction of sp³-hybridized carbons (Fsp3) is 1.00. The fourth-order valence-corrected chi connectivity index (χ4v) is 1.47. The number of hydrogen-bond acceptors (Lipinski definition) is 4. The summed E-state index contributed by atoms with van der Waals surface area (Å²) in [4.78, 5) is 2.14. The summed E-state index contributed by atoms with van der Waals surface area (Å²) in [5.41, 5.74) is 0. The van der Waals surface area contributed by atoms with Crippen LogP contribution in [0.25, 0.3) is 0 Å². The smallest absolute Gasteiger partial charge is 0.0664 e. The molecule has 0 spiro atoms. The molecule has 0 heterocycles. The van der Waals surface area contributed by atoms with Gasteiger partial charge in [-0.15, -0.1) is 0 Å². The van der Waals surface area contributed by atoms with Gasteiger partial charge in [-0.2, -0.15) is 0 Å². The van der Waals surface area contributed by atoms with Crippen LogP contribution < -0.4 is 5.32 Å². The van der Waals surface area contributed by atoms with Crippen LogP contribution in [0, 0.1) is 0 Å². The van der Waals surface area contributed by atoms with Gasteiger partial charge in [-0.1, -0.05) is 13.8 Å². The van der Waals surface area contributed by atoms with E-state index in [0.29, 0.717) is 6.54 Å². The van der Waals surface area contributed by atoms with Gasteiger partial charge < -0.3 is 20.4 Å². The van der Waals surface area contributed by atoms with E-state index in [1.165, 1.54) is 0 Å². The molecule has 0 amide bonds. The van der Waals surface area contributed by atoms with Gasteiger partial charge in [0, 0.05) is 13.1 Å². The first-order chi connectivity index (χ1) is 7.60. The van der Waals surface area contributed by atoms with Crippen LogP contribution in [0.3, 0.4) is 0 Å². The third-order valence-corrected chi connectivity index (χ3v) is 2.74. The second-order valence-corrected chi connectivity index (χ2v) is 4.44. The molecule has 0 aromatic rings. The summed E-state index contributed by atoms with van der Waals surface area (Å²) < 4.78 is 0. The average Bonchev–Trinajstić information content (AvgIpc) is 2.27. The van der Waals surface area contributed by atoms with Gasteiger partial charge in [-0.05, 0) is 39.4 Å². The first kappa shape index (κ1) is 15.8. The molecule has 0 rings (SSSR count). The van der Waals surface area contributed by atoms with E-state index in [1.54, 1.807) is 0 Å². The van der Waals surface area contributed by atoms with E-state index in [2.05, 4.69) is 10.2 Å². The molecule has 0 aromatic heterocycles. The van der Waals surface area contributed by atoms with Crippen molar-refractivity contribution in [3.63, 3.8) is 0 Å². The number of likely N-dealkylation sites (N-methyl/N-ethyl adjacent to an activating group) is 1. The van der Waals surface area contributed by atoms with E-state index in [9.17, 15) is 10.2 Å². The normalized spacial score (nSPS) is 15.4. The molecular formula is C12H28N2O2. The summed E-state index contributed by atoms with van der Waals surface area (Å²) in [5, 5.41) is 22.0. The van der Waals surface area contributed by atoms with Crippen LogP contribution in [0.4, 0.5) is 0 Å². The molecule has 0 aliphatic rings. The number of nitrogens with zero attached hydrogens (tertiary/aromatic N) is 1. The van der Waals surface area contributed by atoms with Gasteiger partial charge in [-0.25, -0.2) is 0 Å². The van der Waals surface area contributed by atoms with E-state index < -0.39 is 0 Å². The molecule has 2 unspecified atom stereocenters. The fourth-order valence-electron chi connectivity index (χ4n) is 1.47. The van der Waals surface area contributed by atoms with E-state index in [-0.39, 0.29) is 12.2 Å². The zero-order valence-electron chi connectivity index (χ0n) is 10.9. The highest BCUT2D eigenvalue weighted by Gasteiger charge is 2.05. The Bertz CT molecular complexity index is 156. The summed E-state index contributed by atoms with van der Waals surface area (Å²) in [6.07, 6.45) is 2.23. The monoisotopic (exact) mass is 232 g/mol. The van der Waals surface area contributed by atoms with Crippen LogP contribution in [-0.2, 0) is 0 Å². The average molecular weight is 232 g/mol. The predicted molar refractivity (Wildman–Crippen MR) is 67.6 cm³/mol. The molecule has 3 N–H and O–H groups in total. The van der Waals surface area contributed by atoms with Gasteiger partial charge in [0.25, 0.3) is 0 Å². The van der Waals surface area contributed by atoms with Crippen molar-refractivity contribution in [2.45, 2.75) is 45.3 Å². The van der Waals surface area contributed by atoms with Crippen LogP contribution >= 0.6 is 0 Å². The Morgan fingerprint density at radius 1 is 1.12 bits per heavy atom. The Hall–Kier alpha value is -0.160. The molecule has 0 aliphatic carbocycles. The number of rotatable bonds is 10. The second-order valence-electron chi connectivity index (χ2n) is 4.44. The van der Waals surface area contributed by atoms with Crippen LogP contribution in [0.2, 0.25) is 0 Å². The lowest BCUT2D eigenvalue weighted by Gasteiger charge is -2.19. The molecule has 0 aliphatic heterocycles. The predicted octanol–water partition coefficient (Wildman–Crippen LogP) is 0.440. The van der Waals surface area contributed by atoms with Crippen molar-refractivity contribution >= 4 is 0 Å². The molecular weight excluding hydrogens is 204 g/mol. The van der Waals surface area contributed by atoms with Crippen molar-refractivity contribution in [2.24, 2.45) is 0 Å². The molecule has 0 bridgehead atoms. The second kappa shape index (κ2) is 10.0. The summed E-state index contributed by atoms with van der Waals surface area (Å²) in [5.74, 6) is 0. The van der Waals surface area contributed by atoms with E-state index in [4.69, 9.17) is 0 Å². The highest BCUT2D eigenvalue weighted by molar-refractivity contribution is 4.61. The Balaban J connectivity index is 3.30. The van der Waals surface area contributed by atoms with E-state index in [0.717, 1.165) is 38.9 Å². The summed E-state index contributed by atoms with van der Waals surface area (Å²) in [6, 6.07) is 0. The summed E-state index contributed by atoms with van der Waals surface area (Å²) >= 11 is 0. The van der Waals surface area contributed by atoms with Gasteiger partial charge in [0.15, 0.2) is 0 Å². The number of aliphatic hydroxyl groups is 2. The van der Waals surface area contributed by atoms with Crippen molar-refractivity contribution in [2.75, 3.05) is 33.2 Å². The lowest BCUT2D eigenvalue weighted by Crippen LogP contribution is -2.32. The Labute approximate surface area is 99.7 Å². The molecule has 4 nitrogen and oxygen atoms in total.